The third-order valence-corrected chi connectivity index (χ3v) is 6.69. The molecule has 164 valence electrons. The largest absolute Gasteiger partial charge is 0.503 e. The van der Waals surface area contributed by atoms with Crippen molar-refractivity contribution in [3.63, 3.8) is 0 Å². The number of thiophene rings is 1. The fraction of sp³-hybridized carbons (Fsp3) is 0.200. The molecule has 0 aliphatic carbocycles. The highest BCUT2D eigenvalue weighted by Crippen LogP contribution is 2.43. The van der Waals surface area contributed by atoms with Crippen molar-refractivity contribution in [2.24, 2.45) is 0 Å². The van der Waals surface area contributed by atoms with Gasteiger partial charge in [-0.05, 0) is 46.7 Å². The lowest BCUT2D eigenvalue weighted by Gasteiger charge is -2.27. The van der Waals surface area contributed by atoms with Crippen molar-refractivity contribution >= 4 is 40.3 Å². The molecular weight excluding hydrogens is 446 g/mol. The van der Waals surface area contributed by atoms with Gasteiger partial charge in [0.2, 0.25) is 5.78 Å². The minimum atomic E-state index is -0.789. The Hall–Kier alpha value is -3.09. The molecule has 0 bridgehead atoms. The first kappa shape index (κ1) is 22.1. The van der Waals surface area contributed by atoms with Crippen LogP contribution in [0.1, 0.15) is 46.6 Å². The summed E-state index contributed by atoms with van der Waals surface area (Å²) in [5.74, 6) is -0.767. The number of rotatable bonds is 6. The zero-order valence-corrected chi connectivity index (χ0v) is 19.4. The Morgan fingerprint density at radius 2 is 1.88 bits per heavy atom. The van der Waals surface area contributed by atoms with Gasteiger partial charge < -0.3 is 9.84 Å². The van der Waals surface area contributed by atoms with Crippen LogP contribution in [0.3, 0.4) is 0 Å². The Labute approximate surface area is 195 Å². The van der Waals surface area contributed by atoms with Gasteiger partial charge in [0.05, 0.1) is 28.6 Å². The summed E-state index contributed by atoms with van der Waals surface area (Å²) in [7, 11) is 1.51. The number of amides is 1. The topological polar surface area (TPSA) is 66.8 Å². The second kappa shape index (κ2) is 8.81. The van der Waals surface area contributed by atoms with Crippen molar-refractivity contribution < 1.29 is 19.4 Å². The summed E-state index contributed by atoms with van der Waals surface area (Å²) in [4.78, 5) is 28.4. The molecule has 0 spiro atoms. The molecular formula is C25H22ClNO4S. The zero-order chi connectivity index (χ0) is 23.0. The highest BCUT2D eigenvalue weighted by atomic mass is 35.5. The van der Waals surface area contributed by atoms with Gasteiger partial charge in [-0.2, -0.15) is 0 Å². The number of ether oxygens (including phenoxy) is 1. The number of hydrogen-bond acceptors (Lipinski definition) is 5. The van der Waals surface area contributed by atoms with Crippen molar-refractivity contribution in [1.82, 2.24) is 0 Å². The molecule has 5 nitrogen and oxygen atoms in total. The number of carbonyl (C=O) groups is 2. The van der Waals surface area contributed by atoms with Gasteiger partial charge in [0.15, 0.2) is 5.76 Å². The lowest BCUT2D eigenvalue weighted by atomic mass is 9.93. The Morgan fingerprint density at radius 1 is 1.16 bits per heavy atom. The Balaban J connectivity index is 1.86. The second-order valence-electron chi connectivity index (χ2n) is 7.79. The van der Waals surface area contributed by atoms with Gasteiger partial charge in [-0.15, -0.1) is 11.3 Å². The summed E-state index contributed by atoms with van der Waals surface area (Å²) in [6, 6.07) is 15.3. The minimum absolute atomic E-state index is 0.0571. The van der Waals surface area contributed by atoms with E-state index in [0.29, 0.717) is 27.3 Å². The van der Waals surface area contributed by atoms with E-state index in [1.807, 2.05) is 24.3 Å². The van der Waals surface area contributed by atoms with Crippen LogP contribution in [0.25, 0.3) is 0 Å². The van der Waals surface area contributed by atoms with Crippen LogP contribution >= 0.6 is 22.9 Å². The van der Waals surface area contributed by atoms with E-state index < -0.39 is 17.7 Å². The van der Waals surface area contributed by atoms with Crippen LogP contribution in [0.15, 0.2) is 71.3 Å². The van der Waals surface area contributed by atoms with Gasteiger partial charge in [0, 0.05) is 5.69 Å². The number of carbonyl (C=O) groups excluding carboxylic acids is 2. The van der Waals surface area contributed by atoms with Gasteiger partial charge in [0.1, 0.15) is 5.75 Å². The highest BCUT2D eigenvalue weighted by Gasteiger charge is 2.45. The number of methoxy groups -OCH3 is 1. The third kappa shape index (κ3) is 3.80. The smallest absolute Gasteiger partial charge is 0.294 e. The van der Waals surface area contributed by atoms with E-state index in [4.69, 9.17) is 16.3 Å². The summed E-state index contributed by atoms with van der Waals surface area (Å²) in [6.07, 6.45) is 0. The van der Waals surface area contributed by atoms with E-state index in [2.05, 4.69) is 13.8 Å². The van der Waals surface area contributed by atoms with E-state index in [0.717, 1.165) is 11.1 Å². The van der Waals surface area contributed by atoms with E-state index in [1.165, 1.54) is 23.3 Å². The summed E-state index contributed by atoms with van der Waals surface area (Å²) >= 11 is 7.58. The number of hydrogen-bond donors (Lipinski definition) is 1. The number of aliphatic hydroxyl groups excluding tert-OH is 1. The molecule has 0 fully saturated rings. The molecule has 2 heterocycles. The molecule has 1 atom stereocenters. The Morgan fingerprint density at radius 3 is 2.44 bits per heavy atom. The highest BCUT2D eigenvalue weighted by molar-refractivity contribution is 7.12. The summed E-state index contributed by atoms with van der Waals surface area (Å²) in [5.41, 5.74) is 2.37. The van der Waals surface area contributed by atoms with Gasteiger partial charge in [-0.25, -0.2) is 0 Å². The van der Waals surface area contributed by atoms with Crippen molar-refractivity contribution in [3.8, 4) is 5.75 Å². The van der Waals surface area contributed by atoms with Gasteiger partial charge >= 0.3 is 0 Å². The third-order valence-electron chi connectivity index (χ3n) is 5.53. The average Bonchev–Trinajstić information content (AvgIpc) is 3.41. The maximum atomic E-state index is 13.3. The number of benzene rings is 2. The minimum Gasteiger partial charge on any atom is -0.503 e. The zero-order valence-electron chi connectivity index (χ0n) is 17.8. The molecule has 2 aromatic carbocycles. The standard InChI is InChI=1S/C25H22ClNO4S/c1-14(2)15-6-8-16(9-7-15)22-21(23(28)20-5-4-12-32-20)24(29)25(30)27(22)17-10-11-19(31-3)18(26)13-17/h4-14,22,29H,1-3H3/t22-/m0/s1. The van der Waals surface area contributed by atoms with Crippen LogP contribution in [-0.2, 0) is 4.79 Å². The molecule has 4 rings (SSSR count). The maximum Gasteiger partial charge on any atom is 0.294 e. The SMILES string of the molecule is COc1ccc(N2C(=O)C(O)=C(C(=O)c3cccs3)[C@@H]2c2ccc(C(C)C)cc2)cc1Cl. The number of ketones is 1. The van der Waals surface area contributed by atoms with Crippen molar-refractivity contribution in [2.45, 2.75) is 25.8 Å². The quantitative estimate of drug-likeness (QED) is 0.431. The van der Waals surface area contributed by atoms with E-state index in [9.17, 15) is 14.7 Å². The van der Waals surface area contributed by atoms with E-state index >= 15 is 0 Å². The average molecular weight is 468 g/mol. The normalized spacial score (nSPS) is 16.2. The Kier molecular flexibility index (Phi) is 6.09. The molecule has 7 heteroatoms. The van der Waals surface area contributed by atoms with Crippen LogP contribution in [-0.4, -0.2) is 23.9 Å². The molecule has 3 aromatic rings. The first-order valence-corrected chi connectivity index (χ1v) is 11.4. The molecule has 0 radical (unpaired) electrons. The second-order valence-corrected chi connectivity index (χ2v) is 9.14. The summed E-state index contributed by atoms with van der Waals surface area (Å²) in [6.45, 7) is 4.19. The van der Waals surface area contributed by atoms with Crippen LogP contribution in [0.2, 0.25) is 5.02 Å². The van der Waals surface area contributed by atoms with Gasteiger partial charge in [-0.3, -0.25) is 14.5 Å². The predicted octanol–water partition coefficient (Wildman–Crippen LogP) is 6.32. The Bertz CT molecular complexity index is 1200. The number of nitrogens with zero attached hydrogens (tertiary/aromatic N) is 1. The lowest BCUT2D eigenvalue weighted by Crippen LogP contribution is -2.31. The lowest BCUT2D eigenvalue weighted by molar-refractivity contribution is -0.117. The fourth-order valence-corrected chi connectivity index (χ4v) is 4.76. The van der Waals surface area contributed by atoms with Crippen molar-refractivity contribution in [3.05, 3.63) is 92.3 Å². The van der Waals surface area contributed by atoms with Crippen LogP contribution < -0.4 is 9.64 Å². The number of anilines is 1. The first-order valence-electron chi connectivity index (χ1n) is 10.1. The number of Topliss-reactive ketones (excluding diaryl/α,β-unsaturated/α-hetero) is 1. The molecule has 1 N–H and O–H groups in total. The number of aliphatic hydroxyl groups is 1. The molecule has 0 saturated carbocycles. The van der Waals surface area contributed by atoms with Crippen molar-refractivity contribution in [1.29, 1.82) is 0 Å². The van der Waals surface area contributed by atoms with Gasteiger partial charge in [0.25, 0.3) is 5.91 Å². The number of halogens is 1. The molecule has 1 aliphatic heterocycles. The van der Waals surface area contributed by atoms with Gasteiger partial charge in [-0.1, -0.05) is 55.8 Å². The van der Waals surface area contributed by atoms with Crippen LogP contribution in [0.5, 0.6) is 5.75 Å². The molecule has 0 unspecified atom stereocenters. The maximum absolute atomic E-state index is 13.3. The van der Waals surface area contributed by atoms with Crippen LogP contribution in [0, 0.1) is 0 Å². The van der Waals surface area contributed by atoms with E-state index in [-0.39, 0.29) is 11.4 Å². The first-order chi connectivity index (χ1) is 15.3. The molecule has 32 heavy (non-hydrogen) atoms. The summed E-state index contributed by atoms with van der Waals surface area (Å²) < 4.78 is 5.22. The predicted molar refractivity (Wildman–Crippen MR) is 127 cm³/mol. The monoisotopic (exact) mass is 467 g/mol. The molecule has 0 saturated heterocycles. The van der Waals surface area contributed by atoms with E-state index in [1.54, 1.807) is 35.7 Å². The molecule has 1 aliphatic rings. The summed E-state index contributed by atoms with van der Waals surface area (Å²) in [5, 5.41) is 12.9. The molecule has 1 amide bonds. The molecule has 1 aromatic heterocycles. The van der Waals surface area contributed by atoms with Crippen LogP contribution in [0.4, 0.5) is 5.69 Å². The fourth-order valence-electron chi connectivity index (χ4n) is 3.83. The van der Waals surface area contributed by atoms with Crippen molar-refractivity contribution in [2.75, 3.05) is 12.0 Å².